The molecule has 0 aromatic carbocycles. The van der Waals surface area contributed by atoms with Gasteiger partial charge in [-0.05, 0) is 37.3 Å². The molecule has 2 N–H and O–H groups in total. The summed E-state index contributed by atoms with van der Waals surface area (Å²) in [5.41, 5.74) is 6.09. The van der Waals surface area contributed by atoms with Crippen LogP contribution in [0.15, 0.2) is 18.2 Å². The molecule has 0 spiro atoms. The van der Waals surface area contributed by atoms with Crippen LogP contribution in [0.25, 0.3) is 0 Å². The molecule has 0 unspecified atom stereocenters. The van der Waals surface area contributed by atoms with Crippen molar-refractivity contribution in [2.75, 3.05) is 12.3 Å². The molecular formula is C14H21N3O. The van der Waals surface area contributed by atoms with E-state index in [0.29, 0.717) is 23.5 Å². The second-order valence-electron chi connectivity index (χ2n) is 5.36. The highest BCUT2D eigenvalue weighted by Gasteiger charge is 2.33. The summed E-state index contributed by atoms with van der Waals surface area (Å²) in [5, 5.41) is 0. The monoisotopic (exact) mass is 247 g/mol. The van der Waals surface area contributed by atoms with Gasteiger partial charge in [0, 0.05) is 12.6 Å². The lowest BCUT2D eigenvalue weighted by atomic mass is 10.1. The van der Waals surface area contributed by atoms with E-state index >= 15 is 0 Å². The van der Waals surface area contributed by atoms with E-state index in [9.17, 15) is 4.79 Å². The summed E-state index contributed by atoms with van der Waals surface area (Å²) in [7, 11) is 0. The largest absolute Gasteiger partial charge is 0.384 e. The van der Waals surface area contributed by atoms with Crippen LogP contribution < -0.4 is 5.73 Å². The molecule has 0 aliphatic heterocycles. The zero-order valence-electron chi connectivity index (χ0n) is 11.1. The molecule has 0 atom stereocenters. The molecule has 1 aromatic heterocycles. The number of pyridine rings is 1. The Bertz CT molecular complexity index is 427. The van der Waals surface area contributed by atoms with Crippen molar-refractivity contribution in [3.05, 3.63) is 23.9 Å². The lowest BCUT2D eigenvalue weighted by Crippen LogP contribution is -2.35. The molecule has 1 aliphatic carbocycles. The fourth-order valence-corrected chi connectivity index (χ4v) is 1.95. The van der Waals surface area contributed by atoms with Crippen LogP contribution in [0.2, 0.25) is 0 Å². The summed E-state index contributed by atoms with van der Waals surface area (Å²) in [6, 6.07) is 5.64. The smallest absolute Gasteiger partial charge is 0.272 e. The first kappa shape index (κ1) is 12.9. The van der Waals surface area contributed by atoms with Crippen LogP contribution >= 0.6 is 0 Å². The van der Waals surface area contributed by atoms with E-state index in [2.05, 4.69) is 18.8 Å². The first-order chi connectivity index (χ1) is 8.58. The van der Waals surface area contributed by atoms with Gasteiger partial charge in [0.25, 0.3) is 5.91 Å². The highest BCUT2D eigenvalue weighted by molar-refractivity contribution is 5.93. The highest BCUT2D eigenvalue weighted by Crippen LogP contribution is 2.28. The standard InChI is InChI=1S/C14H21N3O/c1-10(2)8-9-17(11-6-7-11)14(18)12-4-3-5-13(15)16-12/h3-5,10-11H,6-9H2,1-2H3,(H2,15,16). The molecule has 2 rings (SSSR count). The highest BCUT2D eigenvalue weighted by atomic mass is 16.2. The van der Waals surface area contributed by atoms with E-state index in [1.54, 1.807) is 18.2 Å². The number of nitrogen functional groups attached to an aromatic ring is 1. The molecule has 1 fully saturated rings. The molecule has 1 saturated carbocycles. The third kappa shape index (κ3) is 3.22. The number of nitrogens with zero attached hydrogens (tertiary/aromatic N) is 2. The molecule has 1 aliphatic rings. The van der Waals surface area contributed by atoms with Crippen LogP contribution in [0.4, 0.5) is 5.82 Å². The van der Waals surface area contributed by atoms with Crippen molar-refractivity contribution >= 4 is 11.7 Å². The van der Waals surface area contributed by atoms with Crippen LogP contribution in [0.1, 0.15) is 43.6 Å². The van der Waals surface area contributed by atoms with E-state index in [1.807, 2.05) is 4.90 Å². The number of hydrogen-bond acceptors (Lipinski definition) is 3. The third-order valence-corrected chi connectivity index (χ3v) is 3.19. The molecular weight excluding hydrogens is 226 g/mol. The van der Waals surface area contributed by atoms with Crippen molar-refractivity contribution in [1.82, 2.24) is 9.88 Å². The first-order valence-electron chi connectivity index (χ1n) is 6.61. The maximum Gasteiger partial charge on any atom is 0.272 e. The van der Waals surface area contributed by atoms with E-state index in [1.165, 1.54) is 0 Å². The van der Waals surface area contributed by atoms with E-state index in [0.717, 1.165) is 25.8 Å². The van der Waals surface area contributed by atoms with Crippen molar-refractivity contribution in [3.8, 4) is 0 Å². The Morgan fingerprint density at radius 1 is 1.50 bits per heavy atom. The minimum Gasteiger partial charge on any atom is -0.384 e. The van der Waals surface area contributed by atoms with Crippen molar-refractivity contribution in [1.29, 1.82) is 0 Å². The van der Waals surface area contributed by atoms with E-state index in [-0.39, 0.29) is 5.91 Å². The van der Waals surface area contributed by atoms with Crippen molar-refractivity contribution < 1.29 is 4.79 Å². The summed E-state index contributed by atoms with van der Waals surface area (Å²) in [4.78, 5) is 18.5. The number of aromatic nitrogens is 1. The van der Waals surface area contributed by atoms with Gasteiger partial charge in [-0.2, -0.15) is 0 Å². The van der Waals surface area contributed by atoms with E-state index < -0.39 is 0 Å². The molecule has 1 amide bonds. The van der Waals surface area contributed by atoms with Crippen LogP contribution in [0.3, 0.4) is 0 Å². The van der Waals surface area contributed by atoms with Crippen LogP contribution in [-0.4, -0.2) is 28.4 Å². The fourth-order valence-electron chi connectivity index (χ4n) is 1.95. The lowest BCUT2D eigenvalue weighted by molar-refractivity contribution is 0.0729. The van der Waals surface area contributed by atoms with Crippen molar-refractivity contribution in [2.45, 2.75) is 39.2 Å². The van der Waals surface area contributed by atoms with Crippen molar-refractivity contribution in [2.24, 2.45) is 5.92 Å². The molecule has 4 heteroatoms. The van der Waals surface area contributed by atoms with Crippen molar-refractivity contribution in [3.63, 3.8) is 0 Å². The number of nitrogens with two attached hydrogens (primary N) is 1. The second kappa shape index (κ2) is 5.38. The molecule has 0 radical (unpaired) electrons. The van der Waals surface area contributed by atoms with Gasteiger partial charge in [-0.3, -0.25) is 4.79 Å². The van der Waals surface area contributed by atoms with Crippen LogP contribution in [0.5, 0.6) is 0 Å². The Labute approximate surface area is 108 Å². The Balaban J connectivity index is 2.08. The zero-order valence-corrected chi connectivity index (χ0v) is 11.1. The van der Waals surface area contributed by atoms with Gasteiger partial charge in [0.05, 0.1) is 0 Å². The average Bonchev–Trinajstić information content (AvgIpc) is 3.13. The van der Waals surface area contributed by atoms with Gasteiger partial charge in [-0.1, -0.05) is 19.9 Å². The fraction of sp³-hybridized carbons (Fsp3) is 0.571. The number of carbonyl (C=O) groups excluding carboxylic acids is 1. The average molecular weight is 247 g/mol. The summed E-state index contributed by atoms with van der Waals surface area (Å²) < 4.78 is 0. The van der Waals surface area contributed by atoms with Gasteiger partial charge < -0.3 is 10.6 Å². The minimum absolute atomic E-state index is 0.0189. The molecule has 0 saturated heterocycles. The molecule has 4 nitrogen and oxygen atoms in total. The quantitative estimate of drug-likeness (QED) is 0.868. The van der Waals surface area contributed by atoms with Gasteiger partial charge in [-0.15, -0.1) is 0 Å². The normalized spacial score (nSPS) is 14.8. The van der Waals surface area contributed by atoms with Gasteiger partial charge in [0.15, 0.2) is 0 Å². The molecule has 0 bridgehead atoms. The van der Waals surface area contributed by atoms with Gasteiger partial charge in [-0.25, -0.2) is 4.98 Å². The Morgan fingerprint density at radius 3 is 2.78 bits per heavy atom. The van der Waals surface area contributed by atoms with Gasteiger partial charge in [0.1, 0.15) is 11.5 Å². The minimum atomic E-state index is 0.0189. The summed E-state index contributed by atoms with van der Waals surface area (Å²) in [5.74, 6) is 1.03. The maximum absolute atomic E-state index is 12.4. The summed E-state index contributed by atoms with van der Waals surface area (Å²) in [6.45, 7) is 5.17. The third-order valence-electron chi connectivity index (χ3n) is 3.19. The molecule has 18 heavy (non-hydrogen) atoms. The first-order valence-corrected chi connectivity index (χ1v) is 6.61. The second-order valence-corrected chi connectivity index (χ2v) is 5.36. The van der Waals surface area contributed by atoms with E-state index in [4.69, 9.17) is 5.73 Å². The molecule has 98 valence electrons. The number of anilines is 1. The number of rotatable bonds is 5. The predicted molar refractivity (Wildman–Crippen MR) is 72.2 cm³/mol. The Morgan fingerprint density at radius 2 is 2.22 bits per heavy atom. The maximum atomic E-state index is 12.4. The lowest BCUT2D eigenvalue weighted by Gasteiger charge is -2.23. The number of amides is 1. The SMILES string of the molecule is CC(C)CCN(C(=O)c1cccc(N)n1)C1CC1. The zero-order chi connectivity index (χ0) is 13.1. The van der Waals surface area contributed by atoms with Gasteiger partial charge in [0.2, 0.25) is 0 Å². The topological polar surface area (TPSA) is 59.2 Å². The van der Waals surface area contributed by atoms with Crippen LogP contribution in [-0.2, 0) is 0 Å². The predicted octanol–water partition coefficient (Wildman–Crippen LogP) is 2.31. The van der Waals surface area contributed by atoms with Gasteiger partial charge >= 0.3 is 0 Å². The Hall–Kier alpha value is -1.58. The molecule has 1 heterocycles. The number of carbonyl (C=O) groups is 1. The molecule has 1 aromatic rings. The Kier molecular flexibility index (Phi) is 3.84. The van der Waals surface area contributed by atoms with Crippen LogP contribution in [0, 0.1) is 5.92 Å². The summed E-state index contributed by atoms with van der Waals surface area (Å²) in [6.07, 6.45) is 3.27. The number of hydrogen-bond donors (Lipinski definition) is 1. The summed E-state index contributed by atoms with van der Waals surface area (Å²) >= 11 is 0.